The summed E-state index contributed by atoms with van der Waals surface area (Å²) >= 11 is 0. The normalized spacial score (nSPS) is 35.1. The van der Waals surface area contributed by atoms with Gasteiger partial charge >= 0.3 is 5.97 Å². The van der Waals surface area contributed by atoms with Crippen molar-refractivity contribution in [2.24, 2.45) is 5.41 Å². The zero-order chi connectivity index (χ0) is 11.8. The minimum atomic E-state index is -0.746. The Labute approximate surface area is 96.6 Å². The number of rotatable bonds is 2. The van der Waals surface area contributed by atoms with Crippen LogP contribution in [0.4, 0.5) is 0 Å². The zero-order valence-electron chi connectivity index (χ0n) is 10.1. The predicted molar refractivity (Wildman–Crippen MR) is 60.4 cm³/mol. The standard InChI is InChI=1S/C12H21NO3/c1-12(2)4-3-9(7-12)13-5-6-16-8-10(13)11(14)15/h9-10H,3-8H2,1-2H3,(H,14,15). The molecule has 0 aromatic rings. The molecular formula is C12H21NO3. The van der Waals surface area contributed by atoms with Crippen LogP contribution in [0.15, 0.2) is 0 Å². The largest absolute Gasteiger partial charge is 0.480 e. The molecule has 2 rings (SSSR count). The lowest BCUT2D eigenvalue weighted by molar-refractivity contribution is -0.151. The fourth-order valence-corrected chi connectivity index (χ4v) is 2.95. The molecule has 0 amide bonds. The van der Waals surface area contributed by atoms with Gasteiger partial charge in [0.05, 0.1) is 13.2 Å². The molecule has 0 radical (unpaired) electrons. The molecule has 2 atom stereocenters. The first-order chi connectivity index (χ1) is 7.49. The SMILES string of the molecule is CC1(C)CCC(N2CCOCC2C(=O)O)C1. The number of hydrogen-bond acceptors (Lipinski definition) is 3. The summed E-state index contributed by atoms with van der Waals surface area (Å²) in [6, 6.07) is -0.00681. The van der Waals surface area contributed by atoms with Crippen LogP contribution < -0.4 is 0 Å². The number of hydrogen-bond donors (Lipinski definition) is 1. The van der Waals surface area contributed by atoms with Gasteiger partial charge in [-0.05, 0) is 24.7 Å². The third-order valence-corrected chi connectivity index (χ3v) is 3.87. The maximum atomic E-state index is 11.2. The van der Waals surface area contributed by atoms with E-state index < -0.39 is 12.0 Å². The van der Waals surface area contributed by atoms with Gasteiger partial charge in [0.2, 0.25) is 0 Å². The van der Waals surface area contributed by atoms with Gasteiger partial charge in [0.25, 0.3) is 0 Å². The Hall–Kier alpha value is -0.610. The molecule has 4 nitrogen and oxygen atoms in total. The van der Waals surface area contributed by atoms with Crippen molar-refractivity contribution in [3.63, 3.8) is 0 Å². The summed E-state index contributed by atoms with van der Waals surface area (Å²) in [5.74, 6) is -0.746. The quantitative estimate of drug-likeness (QED) is 0.773. The summed E-state index contributed by atoms with van der Waals surface area (Å²) < 4.78 is 5.26. The Kier molecular flexibility index (Phi) is 3.22. The number of carboxylic acids is 1. The third-order valence-electron chi connectivity index (χ3n) is 3.87. The molecule has 0 aromatic heterocycles. The lowest BCUT2D eigenvalue weighted by Crippen LogP contribution is -2.53. The molecular weight excluding hydrogens is 206 g/mol. The Balaban J connectivity index is 2.04. The molecule has 1 saturated carbocycles. The summed E-state index contributed by atoms with van der Waals surface area (Å²) in [5.41, 5.74) is 0.367. The van der Waals surface area contributed by atoms with E-state index in [1.807, 2.05) is 0 Å². The van der Waals surface area contributed by atoms with Crippen LogP contribution >= 0.6 is 0 Å². The van der Waals surface area contributed by atoms with E-state index >= 15 is 0 Å². The molecule has 1 aliphatic heterocycles. The van der Waals surface area contributed by atoms with Crippen molar-refractivity contribution < 1.29 is 14.6 Å². The number of carbonyl (C=O) groups is 1. The molecule has 1 aliphatic carbocycles. The number of aliphatic carboxylic acids is 1. The van der Waals surface area contributed by atoms with E-state index in [1.165, 1.54) is 6.42 Å². The Morgan fingerprint density at radius 1 is 1.50 bits per heavy atom. The third kappa shape index (κ3) is 2.38. The highest BCUT2D eigenvalue weighted by Gasteiger charge is 2.40. The van der Waals surface area contributed by atoms with Crippen LogP contribution in [0.3, 0.4) is 0 Å². The summed E-state index contributed by atoms with van der Waals surface area (Å²) in [6.45, 7) is 6.30. The Morgan fingerprint density at radius 3 is 2.81 bits per heavy atom. The lowest BCUT2D eigenvalue weighted by Gasteiger charge is -2.37. The van der Waals surface area contributed by atoms with Crippen LogP contribution in [0.5, 0.6) is 0 Å². The van der Waals surface area contributed by atoms with Gasteiger partial charge in [-0.2, -0.15) is 0 Å². The van der Waals surface area contributed by atoms with Crippen molar-refractivity contribution >= 4 is 5.97 Å². The molecule has 4 heteroatoms. The van der Waals surface area contributed by atoms with Crippen LogP contribution in [0.25, 0.3) is 0 Å². The van der Waals surface area contributed by atoms with Gasteiger partial charge in [-0.3, -0.25) is 9.69 Å². The maximum Gasteiger partial charge on any atom is 0.323 e. The van der Waals surface area contributed by atoms with Gasteiger partial charge in [-0.1, -0.05) is 13.8 Å². The van der Waals surface area contributed by atoms with E-state index in [2.05, 4.69) is 18.7 Å². The Bertz CT molecular complexity index is 277. The molecule has 92 valence electrons. The van der Waals surface area contributed by atoms with Crippen molar-refractivity contribution in [1.29, 1.82) is 0 Å². The van der Waals surface area contributed by atoms with Gasteiger partial charge in [-0.25, -0.2) is 0 Å². The molecule has 1 heterocycles. The lowest BCUT2D eigenvalue weighted by atomic mass is 9.91. The van der Waals surface area contributed by atoms with Gasteiger partial charge in [-0.15, -0.1) is 0 Å². The summed E-state index contributed by atoms with van der Waals surface area (Å²) in [4.78, 5) is 13.3. The monoisotopic (exact) mass is 227 g/mol. The Morgan fingerprint density at radius 2 is 2.25 bits per heavy atom. The fourth-order valence-electron chi connectivity index (χ4n) is 2.95. The molecule has 0 aromatic carbocycles. The average Bonchev–Trinajstić information content (AvgIpc) is 2.59. The minimum absolute atomic E-state index is 0.340. The second-order valence-electron chi connectivity index (χ2n) is 5.73. The number of nitrogens with zero attached hydrogens (tertiary/aromatic N) is 1. The molecule has 2 unspecified atom stereocenters. The second-order valence-corrected chi connectivity index (χ2v) is 5.73. The van der Waals surface area contributed by atoms with Crippen LogP contribution in [0, 0.1) is 5.41 Å². The minimum Gasteiger partial charge on any atom is -0.480 e. The van der Waals surface area contributed by atoms with E-state index in [0.717, 1.165) is 19.4 Å². The molecule has 16 heavy (non-hydrogen) atoms. The first kappa shape index (κ1) is 11.9. The van der Waals surface area contributed by atoms with Gasteiger partial charge in [0, 0.05) is 12.6 Å². The van der Waals surface area contributed by atoms with Gasteiger partial charge in [0.1, 0.15) is 6.04 Å². The summed E-state index contributed by atoms with van der Waals surface area (Å²) in [7, 11) is 0. The van der Waals surface area contributed by atoms with Crippen molar-refractivity contribution in [3.05, 3.63) is 0 Å². The van der Waals surface area contributed by atoms with Gasteiger partial charge < -0.3 is 9.84 Å². The van der Waals surface area contributed by atoms with Crippen molar-refractivity contribution in [1.82, 2.24) is 4.90 Å². The molecule has 0 spiro atoms. The van der Waals surface area contributed by atoms with E-state index in [1.54, 1.807) is 0 Å². The highest BCUT2D eigenvalue weighted by atomic mass is 16.5. The second kappa shape index (κ2) is 4.34. The first-order valence-corrected chi connectivity index (χ1v) is 6.06. The highest BCUT2D eigenvalue weighted by Crippen LogP contribution is 2.40. The predicted octanol–water partition coefficient (Wildman–Crippen LogP) is 1.35. The maximum absolute atomic E-state index is 11.2. The highest BCUT2D eigenvalue weighted by molar-refractivity contribution is 5.73. The number of ether oxygens (including phenoxy) is 1. The van der Waals surface area contributed by atoms with Crippen LogP contribution in [-0.4, -0.2) is 47.8 Å². The van der Waals surface area contributed by atoms with Crippen LogP contribution in [0.2, 0.25) is 0 Å². The molecule has 2 fully saturated rings. The van der Waals surface area contributed by atoms with E-state index in [0.29, 0.717) is 24.7 Å². The molecule has 2 aliphatic rings. The van der Waals surface area contributed by atoms with Crippen molar-refractivity contribution in [3.8, 4) is 0 Å². The molecule has 1 N–H and O–H groups in total. The average molecular weight is 227 g/mol. The topological polar surface area (TPSA) is 49.8 Å². The summed E-state index contributed by atoms with van der Waals surface area (Å²) in [6.07, 6.45) is 3.43. The van der Waals surface area contributed by atoms with E-state index in [-0.39, 0.29) is 0 Å². The van der Waals surface area contributed by atoms with Gasteiger partial charge in [0.15, 0.2) is 0 Å². The first-order valence-electron chi connectivity index (χ1n) is 6.06. The number of morpholine rings is 1. The summed E-state index contributed by atoms with van der Waals surface area (Å²) in [5, 5.41) is 9.18. The number of carboxylic acid groups (broad SMARTS) is 1. The van der Waals surface area contributed by atoms with E-state index in [4.69, 9.17) is 4.74 Å². The van der Waals surface area contributed by atoms with Crippen molar-refractivity contribution in [2.75, 3.05) is 19.8 Å². The molecule has 0 bridgehead atoms. The smallest absolute Gasteiger partial charge is 0.323 e. The zero-order valence-corrected chi connectivity index (χ0v) is 10.1. The van der Waals surface area contributed by atoms with E-state index in [9.17, 15) is 9.90 Å². The fraction of sp³-hybridized carbons (Fsp3) is 0.917. The van der Waals surface area contributed by atoms with Crippen LogP contribution in [0.1, 0.15) is 33.1 Å². The van der Waals surface area contributed by atoms with Crippen molar-refractivity contribution in [2.45, 2.75) is 45.2 Å². The molecule has 1 saturated heterocycles. The van der Waals surface area contributed by atoms with Crippen LogP contribution in [-0.2, 0) is 9.53 Å².